The van der Waals surface area contributed by atoms with Gasteiger partial charge in [-0.3, -0.25) is 4.90 Å². The van der Waals surface area contributed by atoms with Crippen LogP contribution in [0.5, 0.6) is 0 Å². The third-order valence-corrected chi connectivity index (χ3v) is 2.48. The number of ether oxygens (including phenoxy) is 2. The molecule has 0 bridgehead atoms. The van der Waals surface area contributed by atoms with Crippen LogP contribution in [0.2, 0.25) is 0 Å². The van der Waals surface area contributed by atoms with E-state index in [1.165, 1.54) is 6.07 Å². The summed E-state index contributed by atoms with van der Waals surface area (Å²) in [5, 5.41) is 8.77. The standard InChI is InChI=1S/C12H19NO5/c1-16-7-5-13(6-8-17-2)9-10-3-4-11(18-10)12(14)15/h3-4H,5-9H2,1-2H3,(H,14,15). The zero-order valence-corrected chi connectivity index (χ0v) is 10.7. The van der Waals surface area contributed by atoms with Gasteiger partial charge >= 0.3 is 5.97 Å². The Balaban J connectivity index is 2.54. The lowest BCUT2D eigenvalue weighted by molar-refractivity contribution is 0.0655. The van der Waals surface area contributed by atoms with Crippen LogP contribution in [-0.4, -0.2) is 56.5 Å². The van der Waals surface area contributed by atoms with E-state index in [1.54, 1.807) is 20.3 Å². The van der Waals surface area contributed by atoms with E-state index < -0.39 is 5.97 Å². The highest BCUT2D eigenvalue weighted by Crippen LogP contribution is 2.10. The highest BCUT2D eigenvalue weighted by atomic mass is 16.5. The molecular weight excluding hydrogens is 238 g/mol. The van der Waals surface area contributed by atoms with E-state index in [-0.39, 0.29) is 5.76 Å². The Bertz CT molecular complexity index is 355. The Morgan fingerprint density at radius 2 is 1.89 bits per heavy atom. The van der Waals surface area contributed by atoms with Gasteiger partial charge in [-0.25, -0.2) is 4.79 Å². The molecule has 0 aliphatic carbocycles. The van der Waals surface area contributed by atoms with Crippen LogP contribution in [0, 0.1) is 0 Å². The average Bonchev–Trinajstić information content (AvgIpc) is 2.81. The number of carboxylic acid groups (broad SMARTS) is 1. The topological polar surface area (TPSA) is 72.1 Å². The molecule has 0 radical (unpaired) electrons. The molecule has 0 aliphatic rings. The molecule has 0 amide bonds. The fraction of sp³-hybridized carbons (Fsp3) is 0.583. The van der Waals surface area contributed by atoms with Crippen LogP contribution in [0.15, 0.2) is 16.5 Å². The molecule has 0 aromatic carbocycles. The molecule has 18 heavy (non-hydrogen) atoms. The van der Waals surface area contributed by atoms with E-state index in [2.05, 4.69) is 4.90 Å². The van der Waals surface area contributed by atoms with E-state index in [4.69, 9.17) is 19.0 Å². The zero-order valence-electron chi connectivity index (χ0n) is 10.7. The molecule has 1 heterocycles. The fourth-order valence-electron chi connectivity index (χ4n) is 1.51. The van der Waals surface area contributed by atoms with Crippen molar-refractivity contribution in [1.82, 2.24) is 4.90 Å². The molecule has 0 spiro atoms. The normalized spacial score (nSPS) is 11.1. The van der Waals surface area contributed by atoms with Crippen LogP contribution in [-0.2, 0) is 16.0 Å². The van der Waals surface area contributed by atoms with Crippen molar-refractivity contribution in [2.24, 2.45) is 0 Å². The van der Waals surface area contributed by atoms with Gasteiger partial charge in [0.25, 0.3) is 0 Å². The minimum Gasteiger partial charge on any atom is -0.475 e. The smallest absolute Gasteiger partial charge is 0.371 e. The second-order valence-corrected chi connectivity index (χ2v) is 3.83. The molecule has 1 aromatic heterocycles. The van der Waals surface area contributed by atoms with Gasteiger partial charge in [0.2, 0.25) is 5.76 Å². The number of methoxy groups -OCH3 is 2. The maximum absolute atomic E-state index is 10.7. The maximum Gasteiger partial charge on any atom is 0.371 e. The quantitative estimate of drug-likeness (QED) is 0.713. The van der Waals surface area contributed by atoms with E-state index in [1.807, 2.05) is 0 Å². The fourth-order valence-corrected chi connectivity index (χ4v) is 1.51. The number of carbonyl (C=O) groups is 1. The number of carboxylic acids is 1. The van der Waals surface area contributed by atoms with Crippen LogP contribution in [0.4, 0.5) is 0 Å². The van der Waals surface area contributed by atoms with Crippen molar-refractivity contribution >= 4 is 5.97 Å². The summed E-state index contributed by atoms with van der Waals surface area (Å²) in [5.74, 6) is -0.468. The van der Waals surface area contributed by atoms with Crippen LogP contribution < -0.4 is 0 Å². The van der Waals surface area contributed by atoms with Crippen LogP contribution in [0.3, 0.4) is 0 Å². The SMILES string of the molecule is COCCN(CCOC)Cc1ccc(C(=O)O)o1. The lowest BCUT2D eigenvalue weighted by atomic mass is 10.3. The predicted octanol–water partition coefficient (Wildman–Crippen LogP) is 1.07. The average molecular weight is 257 g/mol. The molecule has 0 atom stereocenters. The molecule has 0 aliphatic heterocycles. The summed E-state index contributed by atoms with van der Waals surface area (Å²) in [4.78, 5) is 12.8. The van der Waals surface area contributed by atoms with Gasteiger partial charge in [-0.15, -0.1) is 0 Å². The minimum atomic E-state index is -1.05. The molecule has 0 fully saturated rings. The zero-order chi connectivity index (χ0) is 13.4. The Kier molecular flexibility index (Phi) is 6.42. The van der Waals surface area contributed by atoms with Crippen molar-refractivity contribution in [2.75, 3.05) is 40.5 Å². The molecule has 1 rings (SSSR count). The van der Waals surface area contributed by atoms with Crippen molar-refractivity contribution < 1.29 is 23.8 Å². The molecule has 0 saturated heterocycles. The van der Waals surface area contributed by atoms with Gasteiger partial charge in [-0.1, -0.05) is 0 Å². The molecule has 6 heteroatoms. The minimum absolute atomic E-state index is 0.0385. The first-order valence-electron chi connectivity index (χ1n) is 5.69. The lowest BCUT2D eigenvalue weighted by Crippen LogP contribution is -2.30. The summed E-state index contributed by atoms with van der Waals surface area (Å²) in [6, 6.07) is 3.14. The Labute approximate surface area is 106 Å². The molecule has 1 aromatic rings. The third-order valence-electron chi connectivity index (χ3n) is 2.48. The Morgan fingerprint density at radius 1 is 1.28 bits per heavy atom. The summed E-state index contributed by atoms with van der Waals surface area (Å²) in [7, 11) is 3.29. The molecular formula is C12H19NO5. The summed E-state index contributed by atoms with van der Waals surface area (Å²) in [5.41, 5.74) is 0. The highest BCUT2D eigenvalue weighted by Gasteiger charge is 2.12. The van der Waals surface area contributed by atoms with Gasteiger partial charge in [-0.05, 0) is 12.1 Å². The number of rotatable bonds is 9. The Morgan fingerprint density at radius 3 is 2.33 bits per heavy atom. The van der Waals surface area contributed by atoms with Gasteiger partial charge < -0.3 is 19.0 Å². The number of aromatic carboxylic acids is 1. The number of nitrogens with zero attached hydrogens (tertiary/aromatic N) is 1. The number of hydrogen-bond donors (Lipinski definition) is 1. The Hall–Kier alpha value is -1.37. The summed E-state index contributed by atoms with van der Waals surface area (Å²) in [6.07, 6.45) is 0. The van der Waals surface area contributed by atoms with E-state index >= 15 is 0 Å². The second kappa shape index (κ2) is 7.86. The number of furan rings is 1. The van der Waals surface area contributed by atoms with E-state index in [9.17, 15) is 4.79 Å². The van der Waals surface area contributed by atoms with Crippen LogP contribution >= 0.6 is 0 Å². The molecule has 0 unspecified atom stereocenters. The summed E-state index contributed by atoms with van der Waals surface area (Å²) in [6.45, 7) is 3.23. The summed E-state index contributed by atoms with van der Waals surface area (Å²) >= 11 is 0. The van der Waals surface area contributed by atoms with Gasteiger partial charge in [0.1, 0.15) is 5.76 Å². The highest BCUT2D eigenvalue weighted by molar-refractivity contribution is 5.84. The molecule has 0 saturated carbocycles. The maximum atomic E-state index is 10.7. The van der Waals surface area contributed by atoms with Crippen molar-refractivity contribution in [3.8, 4) is 0 Å². The van der Waals surface area contributed by atoms with Crippen LogP contribution in [0.25, 0.3) is 0 Å². The van der Waals surface area contributed by atoms with E-state index in [0.717, 1.165) is 13.1 Å². The molecule has 1 N–H and O–H groups in total. The van der Waals surface area contributed by atoms with Crippen molar-refractivity contribution in [2.45, 2.75) is 6.54 Å². The second-order valence-electron chi connectivity index (χ2n) is 3.83. The van der Waals surface area contributed by atoms with Crippen molar-refractivity contribution in [3.05, 3.63) is 23.7 Å². The first kappa shape index (κ1) is 14.7. The monoisotopic (exact) mass is 257 g/mol. The molecule has 102 valence electrons. The van der Waals surface area contributed by atoms with Gasteiger partial charge in [0.05, 0.1) is 19.8 Å². The third kappa shape index (κ3) is 4.87. The first-order chi connectivity index (χ1) is 8.67. The van der Waals surface area contributed by atoms with Crippen molar-refractivity contribution in [3.63, 3.8) is 0 Å². The van der Waals surface area contributed by atoms with Gasteiger partial charge in [-0.2, -0.15) is 0 Å². The summed E-state index contributed by atoms with van der Waals surface area (Å²) < 4.78 is 15.3. The molecule has 6 nitrogen and oxygen atoms in total. The van der Waals surface area contributed by atoms with Gasteiger partial charge in [0, 0.05) is 27.3 Å². The number of hydrogen-bond acceptors (Lipinski definition) is 5. The van der Waals surface area contributed by atoms with Crippen LogP contribution in [0.1, 0.15) is 16.3 Å². The first-order valence-corrected chi connectivity index (χ1v) is 5.69. The van der Waals surface area contributed by atoms with Gasteiger partial charge in [0.15, 0.2) is 0 Å². The lowest BCUT2D eigenvalue weighted by Gasteiger charge is -2.20. The predicted molar refractivity (Wildman–Crippen MR) is 64.7 cm³/mol. The van der Waals surface area contributed by atoms with Crippen molar-refractivity contribution in [1.29, 1.82) is 0 Å². The largest absolute Gasteiger partial charge is 0.475 e. The van der Waals surface area contributed by atoms with E-state index in [0.29, 0.717) is 25.5 Å².